The number of thiophene rings is 1. The SMILES string of the molecule is N#Cc1ccc(-c2ccc(CNC3CC3)cc2F)s1. The molecule has 19 heavy (non-hydrogen) atoms. The third kappa shape index (κ3) is 2.83. The first-order valence-corrected chi connectivity index (χ1v) is 7.10. The minimum absolute atomic E-state index is 0.221. The second-order valence-corrected chi connectivity index (χ2v) is 5.83. The second-order valence-electron chi connectivity index (χ2n) is 4.75. The van der Waals surface area contributed by atoms with Gasteiger partial charge in [0, 0.05) is 23.0 Å². The lowest BCUT2D eigenvalue weighted by Crippen LogP contribution is -2.15. The van der Waals surface area contributed by atoms with Gasteiger partial charge in [0.1, 0.15) is 16.8 Å². The van der Waals surface area contributed by atoms with Gasteiger partial charge in [-0.3, -0.25) is 0 Å². The molecule has 1 N–H and O–H groups in total. The Morgan fingerprint density at radius 3 is 2.79 bits per heavy atom. The fraction of sp³-hybridized carbons (Fsp3) is 0.267. The molecule has 0 amide bonds. The van der Waals surface area contributed by atoms with Crippen LogP contribution < -0.4 is 5.32 Å². The Morgan fingerprint density at radius 2 is 2.16 bits per heavy atom. The number of rotatable bonds is 4. The zero-order valence-corrected chi connectivity index (χ0v) is 11.1. The van der Waals surface area contributed by atoms with Crippen molar-refractivity contribution in [2.24, 2.45) is 0 Å². The largest absolute Gasteiger partial charge is 0.310 e. The average Bonchev–Trinajstić information content (AvgIpc) is 3.13. The number of nitriles is 1. The van der Waals surface area contributed by atoms with E-state index in [2.05, 4.69) is 11.4 Å². The molecule has 1 saturated carbocycles. The Labute approximate surface area is 115 Å². The molecule has 2 aromatic rings. The maximum absolute atomic E-state index is 14.1. The zero-order chi connectivity index (χ0) is 13.2. The molecule has 1 heterocycles. The van der Waals surface area contributed by atoms with E-state index in [0.29, 0.717) is 16.5 Å². The van der Waals surface area contributed by atoms with Crippen LogP contribution in [0.15, 0.2) is 30.3 Å². The van der Waals surface area contributed by atoms with Crippen LogP contribution in [0.1, 0.15) is 23.3 Å². The highest BCUT2D eigenvalue weighted by Crippen LogP contribution is 2.30. The predicted octanol–water partition coefficient (Wildman–Crippen LogP) is 3.68. The van der Waals surface area contributed by atoms with Crippen molar-refractivity contribution >= 4 is 11.3 Å². The summed E-state index contributed by atoms with van der Waals surface area (Å²) >= 11 is 1.32. The van der Waals surface area contributed by atoms with Gasteiger partial charge < -0.3 is 5.32 Å². The Hall–Kier alpha value is -1.70. The zero-order valence-electron chi connectivity index (χ0n) is 10.3. The van der Waals surface area contributed by atoms with Crippen LogP contribution in [0.4, 0.5) is 4.39 Å². The summed E-state index contributed by atoms with van der Waals surface area (Å²) < 4.78 is 14.1. The van der Waals surface area contributed by atoms with E-state index in [0.717, 1.165) is 17.0 Å². The first-order chi connectivity index (χ1) is 9.26. The van der Waals surface area contributed by atoms with Crippen molar-refractivity contribution in [3.63, 3.8) is 0 Å². The molecule has 1 fully saturated rings. The van der Waals surface area contributed by atoms with Crippen LogP contribution in [0.2, 0.25) is 0 Å². The van der Waals surface area contributed by atoms with Gasteiger partial charge in [-0.1, -0.05) is 12.1 Å². The third-order valence-electron chi connectivity index (χ3n) is 3.19. The molecule has 96 valence electrons. The van der Waals surface area contributed by atoms with E-state index in [1.807, 2.05) is 6.07 Å². The number of halogens is 1. The van der Waals surface area contributed by atoms with Gasteiger partial charge >= 0.3 is 0 Å². The summed E-state index contributed by atoms with van der Waals surface area (Å²) in [5.74, 6) is -0.221. The minimum atomic E-state index is -0.221. The lowest BCUT2D eigenvalue weighted by molar-refractivity contribution is 0.623. The van der Waals surface area contributed by atoms with E-state index in [-0.39, 0.29) is 5.82 Å². The van der Waals surface area contributed by atoms with Crippen LogP contribution in [-0.2, 0) is 6.54 Å². The van der Waals surface area contributed by atoms with Gasteiger partial charge in [-0.15, -0.1) is 11.3 Å². The summed E-state index contributed by atoms with van der Waals surface area (Å²) in [6.07, 6.45) is 2.46. The van der Waals surface area contributed by atoms with Gasteiger partial charge in [-0.25, -0.2) is 4.39 Å². The van der Waals surface area contributed by atoms with Gasteiger partial charge in [-0.05, 0) is 36.6 Å². The summed E-state index contributed by atoms with van der Waals surface area (Å²) in [5, 5.41) is 12.2. The molecule has 0 saturated heterocycles. The topological polar surface area (TPSA) is 35.8 Å². The highest BCUT2D eigenvalue weighted by Gasteiger charge is 2.20. The molecular formula is C15H13FN2S. The van der Waals surface area contributed by atoms with Gasteiger partial charge in [-0.2, -0.15) is 5.26 Å². The Morgan fingerprint density at radius 1 is 1.32 bits per heavy atom. The summed E-state index contributed by atoms with van der Waals surface area (Å²) in [5.41, 5.74) is 1.53. The molecule has 1 aliphatic rings. The van der Waals surface area contributed by atoms with Gasteiger partial charge in [0.15, 0.2) is 0 Å². The predicted molar refractivity (Wildman–Crippen MR) is 74.3 cm³/mol. The normalized spacial score (nSPS) is 14.3. The molecular weight excluding hydrogens is 259 g/mol. The van der Waals surface area contributed by atoms with Crippen molar-refractivity contribution in [1.29, 1.82) is 5.26 Å². The van der Waals surface area contributed by atoms with E-state index >= 15 is 0 Å². The van der Waals surface area contributed by atoms with Gasteiger partial charge in [0.05, 0.1) is 0 Å². The number of nitrogens with zero attached hydrogens (tertiary/aromatic N) is 1. The molecule has 4 heteroatoms. The summed E-state index contributed by atoms with van der Waals surface area (Å²) in [7, 11) is 0. The van der Waals surface area contributed by atoms with Crippen molar-refractivity contribution in [3.8, 4) is 16.5 Å². The van der Waals surface area contributed by atoms with Gasteiger partial charge in [0.2, 0.25) is 0 Å². The highest BCUT2D eigenvalue weighted by molar-refractivity contribution is 7.16. The summed E-state index contributed by atoms with van der Waals surface area (Å²) in [6.45, 7) is 0.718. The number of nitrogens with one attached hydrogen (secondary N) is 1. The third-order valence-corrected chi connectivity index (χ3v) is 4.21. The fourth-order valence-electron chi connectivity index (χ4n) is 1.96. The van der Waals surface area contributed by atoms with E-state index in [1.54, 1.807) is 24.3 Å². The Balaban J connectivity index is 1.80. The molecule has 0 radical (unpaired) electrons. The lowest BCUT2D eigenvalue weighted by atomic mass is 10.1. The monoisotopic (exact) mass is 272 g/mol. The minimum Gasteiger partial charge on any atom is -0.310 e. The number of hydrogen-bond donors (Lipinski definition) is 1. The quantitative estimate of drug-likeness (QED) is 0.921. The fourth-order valence-corrected chi connectivity index (χ4v) is 2.79. The van der Waals surface area contributed by atoms with Crippen LogP contribution in [0.25, 0.3) is 10.4 Å². The van der Waals surface area contributed by atoms with E-state index < -0.39 is 0 Å². The van der Waals surface area contributed by atoms with Crippen LogP contribution >= 0.6 is 11.3 Å². The number of benzene rings is 1. The average molecular weight is 272 g/mol. The molecule has 0 unspecified atom stereocenters. The second kappa shape index (κ2) is 5.12. The van der Waals surface area contributed by atoms with E-state index in [9.17, 15) is 4.39 Å². The van der Waals surface area contributed by atoms with Crippen LogP contribution in [0.3, 0.4) is 0 Å². The Kier molecular flexibility index (Phi) is 3.33. The molecule has 0 aliphatic heterocycles. The maximum atomic E-state index is 14.1. The van der Waals surface area contributed by atoms with E-state index in [4.69, 9.17) is 5.26 Å². The summed E-state index contributed by atoms with van der Waals surface area (Å²) in [4.78, 5) is 1.41. The molecule has 2 nitrogen and oxygen atoms in total. The molecule has 0 bridgehead atoms. The van der Waals surface area contributed by atoms with Crippen molar-refractivity contribution in [2.75, 3.05) is 0 Å². The molecule has 3 rings (SSSR count). The first-order valence-electron chi connectivity index (χ1n) is 6.28. The number of hydrogen-bond acceptors (Lipinski definition) is 3. The van der Waals surface area contributed by atoms with Crippen molar-refractivity contribution < 1.29 is 4.39 Å². The molecule has 0 atom stereocenters. The molecule has 1 aromatic carbocycles. The summed E-state index contributed by atoms with van der Waals surface area (Å²) in [6, 6.07) is 11.5. The molecule has 1 aliphatic carbocycles. The standard InChI is InChI=1S/C15H13FN2S/c16-14-7-10(9-18-11-2-3-11)1-5-13(14)15-6-4-12(8-17)19-15/h1,4-7,11,18H,2-3,9H2. The lowest BCUT2D eigenvalue weighted by Gasteiger charge is -2.06. The van der Waals surface area contributed by atoms with Crippen molar-refractivity contribution in [2.45, 2.75) is 25.4 Å². The van der Waals surface area contributed by atoms with Crippen LogP contribution in [-0.4, -0.2) is 6.04 Å². The van der Waals surface area contributed by atoms with Crippen molar-refractivity contribution in [1.82, 2.24) is 5.32 Å². The smallest absolute Gasteiger partial charge is 0.132 e. The van der Waals surface area contributed by atoms with E-state index in [1.165, 1.54) is 24.2 Å². The highest BCUT2D eigenvalue weighted by atomic mass is 32.1. The maximum Gasteiger partial charge on any atom is 0.132 e. The first kappa shape index (κ1) is 12.3. The molecule has 1 aromatic heterocycles. The molecule has 0 spiro atoms. The van der Waals surface area contributed by atoms with Crippen LogP contribution in [0.5, 0.6) is 0 Å². The van der Waals surface area contributed by atoms with Crippen molar-refractivity contribution in [3.05, 3.63) is 46.6 Å². The Bertz CT molecular complexity index is 638. The van der Waals surface area contributed by atoms with Crippen LogP contribution in [0, 0.1) is 17.1 Å². The van der Waals surface area contributed by atoms with Gasteiger partial charge in [0.25, 0.3) is 0 Å².